The van der Waals surface area contributed by atoms with Crippen molar-refractivity contribution in [3.8, 4) is 0 Å². The molecule has 0 aliphatic heterocycles. The fourth-order valence-corrected chi connectivity index (χ4v) is 1.34. The van der Waals surface area contributed by atoms with E-state index in [-0.39, 0.29) is 5.91 Å². The summed E-state index contributed by atoms with van der Waals surface area (Å²) in [5, 5.41) is 6.01. The van der Waals surface area contributed by atoms with Crippen molar-refractivity contribution >= 4 is 5.91 Å². The summed E-state index contributed by atoms with van der Waals surface area (Å²) in [5.41, 5.74) is 0. The van der Waals surface area contributed by atoms with E-state index in [0.29, 0.717) is 12.6 Å². The number of ether oxygens (including phenoxy) is 1. The van der Waals surface area contributed by atoms with Crippen LogP contribution in [0.2, 0.25) is 0 Å². The molecular weight excluding hydrogens is 216 g/mol. The number of nitrogens with one attached hydrogen (secondary N) is 2. The molecule has 0 rings (SSSR count). The van der Waals surface area contributed by atoms with E-state index >= 15 is 0 Å². The van der Waals surface area contributed by atoms with E-state index in [1.807, 2.05) is 13.8 Å². The van der Waals surface area contributed by atoms with Crippen LogP contribution in [-0.2, 0) is 9.53 Å². The summed E-state index contributed by atoms with van der Waals surface area (Å²) in [6, 6.07) is 0. The minimum atomic E-state index is 0.0943. The molecule has 4 heteroatoms. The first kappa shape index (κ1) is 16.4. The number of carbonyl (C=O) groups is 1. The van der Waals surface area contributed by atoms with Gasteiger partial charge in [-0.2, -0.15) is 0 Å². The highest BCUT2D eigenvalue weighted by molar-refractivity contribution is 5.77. The Hall–Kier alpha value is -0.610. The number of unbranched alkanes of at least 4 members (excludes halogenated alkanes) is 2. The van der Waals surface area contributed by atoms with Crippen molar-refractivity contribution in [1.29, 1.82) is 0 Å². The molecule has 0 radical (unpaired) electrons. The van der Waals surface area contributed by atoms with Crippen molar-refractivity contribution in [2.24, 2.45) is 0 Å². The second-order valence-corrected chi connectivity index (χ2v) is 4.51. The van der Waals surface area contributed by atoms with Gasteiger partial charge in [0.05, 0.1) is 12.6 Å². The quantitative estimate of drug-likeness (QED) is 0.544. The smallest absolute Gasteiger partial charge is 0.233 e. The average Bonchev–Trinajstić information content (AvgIpc) is 2.28. The number of rotatable bonds is 11. The molecule has 0 spiro atoms. The summed E-state index contributed by atoms with van der Waals surface area (Å²) in [6.07, 6.45) is 4.58. The van der Waals surface area contributed by atoms with Gasteiger partial charge in [0.2, 0.25) is 5.91 Å². The van der Waals surface area contributed by atoms with Crippen molar-refractivity contribution < 1.29 is 9.53 Å². The lowest BCUT2D eigenvalue weighted by molar-refractivity contribution is -0.120. The van der Waals surface area contributed by atoms with E-state index in [1.165, 1.54) is 0 Å². The predicted molar refractivity (Wildman–Crippen MR) is 71.1 cm³/mol. The van der Waals surface area contributed by atoms with Gasteiger partial charge in [-0.05, 0) is 39.7 Å². The minimum absolute atomic E-state index is 0.0943. The summed E-state index contributed by atoms with van der Waals surface area (Å²) >= 11 is 0. The average molecular weight is 244 g/mol. The van der Waals surface area contributed by atoms with Gasteiger partial charge in [0.1, 0.15) is 0 Å². The van der Waals surface area contributed by atoms with Gasteiger partial charge in [-0.15, -0.1) is 0 Å². The van der Waals surface area contributed by atoms with Gasteiger partial charge in [0.25, 0.3) is 0 Å². The highest BCUT2D eigenvalue weighted by Gasteiger charge is 1.98. The molecule has 0 fully saturated rings. The topological polar surface area (TPSA) is 50.4 Å². The Morgan fingerprint density at radius 3 is 2.59 bits per heavy atom. The van der Waals surface area contributed by atoms with Gasteiger partial charge >= 0.3 is 0 Å². The largest absolute Gasteiger partial charge is 0.379 e. The number of carbonyl (C=O) groups excluding carboxylic acids is 1. The zero-order valence-corrected chi connectivity index (χ0v) is 11.6. The van der Waals surface area contributed by atoms with Crippen molar-refractivity contribution in [3.63, 3.8) is 0 Å². The Balaban J connectivity index is 3.14. The molecule has 1 amide bonds. The van der Waals surface area contributed by atoms with Crippen LogP contribution in [0.3, 0.4) is 0 Å². The Bertz CT molecular complexity index is 184. The van der Waals surface area contributed by atoms with E-state index in [2.05, 4.69) is 17.6 Å². The molecule has 0 aromatic heterocycles. The lowest BCUT2D eigenvalue weighted by atomic mass is 10.3. The van der Waals surface area contributed by atoms with E-state index < -0.39 is 0 Å². The monoisotopic (exact) mass is 244 g/mol. The molecule has 2 N–H and O–H groups in total. The molecular formula is C13H28N2O2. The number of hydrogen-bond donors (Lipinski definition) is 2. The molecule has 0 heterocycles. The van der Waals surface area contributed by atoms with E-state index in [1.54, 1.807) is 0 Å². The maximum absolute atomic E-state index is 11.3. The Kier molecular flexibility index (Phi) is 11.4. The summed E-state index contributed by atoms with van der Waals surface area (Å²) in [6.45, 7) is 9.10. The van der Waals surface area contributed by atoms with Crippen molar-refractivity contribution in [2.45, 2.75) is 52.6 Å². The third-order valence-corrected chi connectivity index (χ3v) is 2.34. The summed E-state index contributed by atoms with van der Waals surface area (Å²) in [4.78, 5) is 11.3. The Labute approximate surface area is 105 Å². The van der Waals surface area contributed by atoms with Crippen LogP contribution in [0.5, 0.6) is 0 Å². The first-order valence-electron chi connectivity index (χ1n) is 6.75. The van der Waals surface area contributed by atoms with Gasteiger partial charge in [-0.3, -0.25) is 4.79 Å². The zero-order valence-electron chi connectivity index (χ0n) is 11.6. The number of amides is 1. The second-order valence-electron chi connectivity index (χ2n) is 4.51. The number of hydrogen-bond acceptors (Lipinski definition) is 3. The highest BCUT2D eigenvalue weighted by atomic mass is 16.5. The molecule has 0 bridgehead atoms. The first-order chi connectivity index (χ1) is 8.16. The lowest BCUT2D eigenvalue weighted by Gasteiger charge is -2.08. The maximum atomic E-state index is 11.3. The van der Waals surface area contributed by atoms with E-state index in [0.717, 1.165) is 45.4 Å². The Morgan fingerprint density at radius 1 is 1.18 bits per heavy atom. The van der Waals surface area contributed by atoms with Crippen molar-refractivity contribution in [2.75, 3.05) is 26.2 Å². The standard InChI is InChI=1S/C13H28N2O2/c1-4-5-9-15-13(16)11-14-8-6-7-10-17-12(2)3/h12,14H,4-11H2,1-3H3,(H,15,16). The summed E-state index contributed by atoms with van der Waals surface area (Å²) in [7, 11) is 0. The highest BCUT2D eigenvalue weighted by Crippen LogP contribution is 1.93. The fourth-order valence-electron chi connectivity index (χ4n) is 1.34. The van der Waals surface area contributed by atoms with Crippen LogP contribution in [0.4, 0.5) is 0 Å². The second kappa shape index (κ2) is 11.9. The molecule has 17 heavy (non-hydrogen) atoms. The summed E-state index contributed by atoms with van der Waals surface area (Å²) < 4.78 is 5.43. The fraction of sp³-hybridized carbons (Fsp3) is 0.923. The Morgan fingerprint density at radius 2 is 1.94 bits per heavy atom. The molecule has 4 nitrogen and oxygen atoms in total. The molecule has 0 aliphatic rings. The van der Waals surface area contributed by atoms with Gasteiger partial charge in [0.15, 0.2) is 0 Å². The van der Waals surface area contributed by atoms with E-state index in [9.17, 15) is 4.79 Å². The zero-order chi connectivity index (χ0) is 12.9. The van der Waals surface area contributed by atoms with Crippen LogP contribution in [0.25, 0.3) is 0 Å². The molecule has 0 unspecified atom stereocenters. The first-order valence-corrected chi connectivity index (χ1v) is 6.75. The predicted octanol–water partition coefficient (Wildman–Crippen LogP) is 1.70. The van der Waals surface area contributed by atoms with Gasteiger partial charge < -0.3 is 15.4 Å². The molecule has 0 aromatic carbocycles. The van der Waals surface area contributed by atoms with Crippen molar-refractivity contribution in [3.05, 3.63) is 0 Å². The molecule has 102 valence electrons. The third-order valence-electron chi connectivity index (χ3n) is 2.34. The van der Waals surface area contributed by atoms with Crippen LogP contribution in [0, 0.1) is 0 Å². The van der Waals surface area contributed by atoms with Gasteiger partial charge in [0, 0.05) is 13.2 Å². The van der Waals surface area contributed by atoms with Crippen LogP contribution in [0.15, 0.2) is 0 Å². The SMILES string of the molecule is CCCCNC(=O)CNCCCCOC(C)C. The van der Waals surface area contributed by atoms with Crippen LogP contribution < -0.4 is 10.6 Å². The molecule has 0 saturated carbocycles. The van der Waals surface area contributed by atoms with Crippen molar-refractivity contribution in [1.82, 2.24) is 10.6 Å². The molecule has 0 atom stereocenters. The van der Waals surface area contributed by atoms with Crippen LogP contribution >= 0.6 is 0 Å². The van der Waals surface area contributed by atoms with Gasteiger partial charge in [-0.1, -0.05) is 13.3 Å². The van der Waals surface area contributed by atoms with Gasteiger partial charge in [-0.25, -0.2) is 0 Å². The van der Waals surface area contributed by atoms with Crippen LogP contribution in [0.1, 0.15) is 46.5 Å². The third kappa shape index (κ3) is 13.3. The maximum Gasteiger partial charge on any atom is 0.233 e. The molecule has 0 aliphatic carbocycles. The molecule has 0 saturated heterocycles. The lowest BCUT2D eigenvalue weighted by Crippen LogP contribution is -2.34. The van der Waals surface area contributed by atoms with E-state index in [4.69, 9.17) is 4.74 Å². The molecule has 0 aromatic rings. The minimum Gasteiger partial charge on any atom is -0.379 e. The van der Waals surface area contributed by atoms with Crippen LogP contribution in [-0.4, -0.2) is 38.3 Å². The summed E-state index contributed by atoms with van der Waals surface area (Å²) in [5.74, 6) is 0.0943. The normalized spacial score (nSPS) is 10.8.